The summed E-state index contributed by atoms with van der Waals surface area (Å²) in [6.45, 7) is 0. The Morgan fingerprint density at radius 2 is 2.38 bits per heavy atom. The molecule has 0 fully saturated rings. The van der Waals surface area contributed by atoms with Crippen molar-refractivity contribution in [3.8, 4) is 0 Å². The number of carbonyl (C=O) groups excluding carboxylic acids is 1. The first-order chi connectivity index (χ1) is 6.29. The Morgan fingerprint density at radius 3 is 2.85 bits per heavy atom. The second-order valence-corrected chi connectivity index (χ2v) is 2.16. The Bertz CT molecular complexity index is 355. The molecule has 0 spiro atoms. The van der Waals surface area contributed by atoms with Crippen LogP contribution in [0.1, 0.15) is 5.69 Å². The molecule has 0 saturated heterocycles. The van der Waals surface area contributed by atoms with Crippen molar-refractivity contribution < 1.29 is 14.3 Å². The standard InChI is InChI=1S/C8H7N3O2/c1-13-8(12)7(11-9)6-4-2-3-5-10-6/h2-5H,1H3. The minimum absolute atomic E-state index is 0.205. The lowest BCUT2D eigenvalue weighted by atomic mass is 10.2. The normalized spacial score (nSPS) is 8.69. The third-order valence-corrected chi connectivity index (χ3v) is 1.39. The van der Waals surface area contributed by atoms with Crippen LogP contribution in [0.5, 0.6) is 0 Å². The molecule has 5 nitrogen and oxygen atoms in total. The van der Waals surface area contributed by atoms with E-state index < -0.39 is 5.97 Å². The summed E-state index contributed by atoms with van der Waals surface area (Å²) < 4.78 is 4.39. The van der Waals surface area contributed by atoms with Gasteiger partial charge in [0.1, 0.15) is 0 Å². The average Bonchev–Trinajstić information content (AvgIpc) is 2.20. The van der Waals surface area contributed by atoms with Gasteiger partial charge in [0.05, 0.1) is 7.11 Å². The highest BCUT2D eigenvalue weighted by molar-refractivity contribution is 6.40. The molecule has 5 heteroatoms. The van der Waals surface area contributed by atoms with Gasteiger partial charge in [0.2, 0.25) is 0 Å². The number of pyridine rings is 1. The van der Waals surface area contributed by atoms with E-state index in [1.54, 1.807) is 18.2 Å². The van der Waals surface area contributed by atoms with Crippen LogP contribution in [0.2, 0.25) is 0 Å². The van der Waals surface area contributed by atoms with Crippen molar-refractivity contribution in [3.63, 3.8) is 0 Å². The fourth-order valence-electron chi connectivity index (χ4n) is 0.796. The van der Waals surface area contributed by atoms with Crippen molar-refractivity contribution in [1.29, 1.82) is 0 Å². The van der Waals surface area contributed by atoms with E-state index >= 15 is 0 Å². The molecule has 1 aromatic rings. The molecule has 0 amide bonds. The van der Waals surface area contributed by atoms with Crippen LogP contribution in [-0.2, 0) is 9.53 Å². The molecule has 1 rings (SSSR count). The van der Waals surface area contributed by atoms with Gasteiger partial charge in [-0.2, -0.15) is 4.79 Å². The summed E-state index contributed by atoms with van der Waals surface area (Å²) in [5.74, 6) is -0.721. The molecule has 13 heavy (non-hydrogen) atoms. The summed E-state index contributed by atoms with van der Waals surface area (Å²) in [5.41, 5.74) is 8.60. The Balaban J connectivity index is 3.07. The molecule has 0 aromatic carbocycles. The Hall–Kier alpha value is -2.00. The lowest BCUT2D eigenvalue weighted by Gasteiger charge is -1.92. The van der Waals surface area contributed by atoms with Gasteiger partial charge in [-0.3, -0.25) is 0 Å². The second-order valence-electron chi connectivity index (χ2n) is 2.16. The van der Waals surface area contributed by atoms with Crippen LogP contribution in [0.15, 0.2) is 24.4 Å². The van der Waals surface area contributed by atoms with E-state index in [2.05, 4.69) is 14.5 Å². The minimum Gasteiger partial charge on any atom is -0.460 e. The minimum atomic E-state index is -0.721. The number of nitrogens with zero attached hydrogens (tertiary/aromatic N) is 3. The zero-order valence-electron chi connectivity index (χ0n) is 6.97. The van der Waals surface area contributed by atoms with Crippen LogP contribution in [0.4, 0.5) is 0 Å². The number of carbonyl (C=O) groups is 1. The molecule has 0 atom stereocenters. The summed E-state index contributed by atoms with van der Waals surface area (Å²) in [7, 11) is 1.20. The van der Waals surface area contributed by atoms with Gasteiger partial charge in [-0.1, -0.05) is 6.07 Å². The van der Waals surface area contributed by atoms with Crippen molar-refractivity contribution in [1.82, 2.24) is 4.98 Å². The summed E-state index contributed by atoms with van der Waals surface area (Å²) in [5, 5.41) is 0. The molecular formula is C8H7N3O2. The topological polar surface area (TPSA) is 75.6 Å². The Kier molecular flexibility index (Phi) is 2.89. The number of hydrogen-bond donors (Lipinski definition) is 0. The van der Waals surface area contributed by atoms with Gasteiger partial charge in [-0.05, 0) is 12.1 Å². The number of methoxy groups -OCH3 is 1. The van der Waals surface area contributed by atoms with Gasteiger partial charge in [-0.25, -0.2) is 9.78 Å². The lowest BCUT2D eigenvalue weighted by molar-refractivity contribution is -0.137. The van der Waals surface area contributed by atoms with Gasteiger partial charge in [0.15, 0.2) is 5.69 Å². The van der Waals surface area contributed by atoms with Crippen LogP contribution in [-0.4, -0.2) is 28.6 Å². The van der Waals surface area contributed by atoms with E-state index in [0.29, 0.717) is 0 Å². The van der Waals surface area contributed by atoms with Gasteiger partial charge in [0.25, 0.3) is 0 Å². The van der Waals surface area contributed by atoms with Crippen molar-refractivity contribution in [2.75, 3.05) is 7.11 Å². The summed E-state index contributed by atoms with van der Waals surface area (Å²) in [4.78, 5) is 17.6. The molecule has 0 aliphatic heterocycles. The maximum Gasteiger partial charge on any atom is 0.424 e. The zero-order valence-corrected chi connectivity index (χ0v) is 6.97. The first-order valence-corrected chi connectivity index (χ1v) is 3.51. The third-order valence-electron chi connectivity index (χ3n) is 1.39. The highest BCUT2D eigenvalue weighted by Gasteiger charge is 2.24. The summed E-state index contributed by atoms with van der Waals surface area (Å²) >= 11 is 0. The lowest BCUT2D eigenvalue weighted by Crippen LogP contribution is -2.19. The Labute approximate surface area is 74.6 Å². The van der Waals surface area contributed by atoms with Crippen LogP contribution in [0.25, 0.3) is 5.53 Å². The molecule has 0 bridgehead atoms. The molecule has 0 unspecified atom stereocenters. The van der Waals surface area contributed by atoms with E-state index in [1.165, 1.54) is 13.3 Å². The first-order valence-electron chi connectivity index (χ1n) is 3.51. The summed E-state index contributed by atoms with van der Waals surface area (Å²) in [6.07, 6.45) is 1.49. The molecule has 66 valence electrons. The molecule has 1 heterocycles. The molecule has 0 radical (unpaired) electrons. The average molecular weight is 177 g/mol. The quantitative estimate of drug-likeness (QED) is 0.281. The highest BCUT2D eigenvalue weighted by atomic mass is 16.5. The van der Waals surface area contributed by atoms with Gasteiger partial charge >= 0.3 is 11.7 Å². The number of rotatable bonds is 2. The van der Waals surface area contributed by atoms with E-state index in [0.717, 1.165) is 0 Å². The van der Waals surface area contributed by atoms with E-state index in [1.807, 2.05) is 0 Å². The first kappa shape index (κ1) is 9.09. The SMILES string of the molecule is COC(=O)C(=[N+]=[N-])c1ccccn1. The van der Waals surface area contributed by atoms with E-state index in [9.17, 15) is 4.79 Å². The largest absolute Gasteiger partial charge is 0.460 e. The molecular weight excluding hydrogens is 170 g/mol. The van der Waals surface area contributed by atoms with E-state index in [4.69, 9.17) is 5.53 Å². The van der Waals surface area contributed by atoms with Crippen LogP contribution >= 0.6 is 0 Å². The molecule has 1 aromatic heterocycles. The van der Waals surface area contributed by atoms with Crippen LogP contribution < -0.4 is 0 Å². The molecule has 0 aliphatic carbocycles. The van der Waals surface area contributed by atoms with Gasteiger partial charge < -0.3 is 10.3 Å². The van der Waals surface area contributed by atoms with Crippen molar-refractivity contribution in [2.24, 2.45) is 0 Å². The summed E-state index contributed by atoms with van der Waals surface area (Å²) in [6, 6.07) is 4.91. The van der Waals surface area contributed by atoms with Crippen LogP contribution in [0, 0.1) is 0 Å². The van der Waals surface area contributed by atoms with E-state index in [-0.39, 0.29) is 11.4 Å². The van der Waals surface area contributed by atoms with Gasteiger partial charge in [0, 0.05) is 6.20 Å². The third kappa shape index (κ3) is 1.98. The van der Waals surface area contributed by atoms with Crippen molar-refractivity contribution in [3.05, 3.63) is 35.6 Å². The zero-order chi connectivity index (χ0) is 9.68. The molecule has 0 N–H and O–H groups in total. The monoisotopic (exact) mass is 177 g/mol. The predicted molar refractivity (Wildman–Crippen MR) is 44.0 cm³/mol. The second kappa shape index (κ2) is 4.13. The maximum atomic E-state index is 11.0. The number of aromatic nitrogens is 1. The molecule has 0 saturated carbocycles. The van der Waals surface area contributed by atoms with Crippen molar-refractivity contribution >= 4 is 11.7 Å². The van der Waals surface area contributed by atoms with Gasteiger partial charge in [-0.15, -0.1) is 0 Å². The van der Waals surface area contributed by atoms with Crippen LogP contribution in [0.3, 0.4) is 0 Å². The highest BCUT2D eigenvalue weighted by Crippen LogP contribution is 1.95. The molecule has 0 aliphatic rings. The predicted octanol–water partition coefficient (Wildman–Crippen LogP) is 0.274. The number of hydrogen-bond acceptors (Lipinski definition) is 3. The fraction of sp³-hybridized carbons (Fsp3) is 0.125. The smallest absolute Gasteiger partial charge is 0.424 e. The Morgan fingerprint density at radius 1 is 1.62 bits per heavy atom. The maximum absolute atomic E-state index is 11.0. The number of ether oxygens (including phenoxy) is 1. The fourth-order valence-corrected chi connectivity index (χ4v) is 0.796. The van der Waals surface area contributed by atoms with Crippen molar-refractivity contribution in [2.45, 2.75) is 0 Å². The number of esters is 1.